The van der Waals surface area contributed by atoms with E-state index in [4.69, 9.17) is 16.3 Å². The van der Waals surface area contributed by atoms with Crippen molar-refractivity contribution in [3.05, 3.63) is 0 Å². The number of hydrogen-bond donors (Lipinski definition) is 5. The van der Waals surface area contributed by atoms with E-state index < -0.39 is 0 Å². The highest BCUT2D eigenvalue weighted by Crippen LogP contribution is 2.39. The first-order valence-electron chi connectivity index (χ1n) is 14.3. The van der Waals surface area contributed by atoms with E-state index in [-0.39, 0.29) is 69.9 Å². The quantitative estimate of drug-likeness (QED) is 0.228. The normalized spacial score (nSPS) is 44.0. The lowest BCUT2D eigenvalue weighted by Crippen LogP contribution is -2.57. The molecule has 11 atom stereocenters. The Morgan fingerprint density at radius 3 is 2.53 bits per heavy atom. The Balaban J connectivity index is 1.16. The number of alkyl halides is 1. The van der Waals surface area contributed by atoms with Gasteiger partial charge in [0.05, 0.1) is 23.4 Å². The van der Waals surface area contributed by atoms with E-state index in [0.717, 1.165) is 25.9 Å². The maximum atomic E-state index is 13.6. The van der Waals surface area contributed by atoms with Crippen molar-refractivity contribution in [1.82, 2.24) is 36.6 Å². The first-order chi connectivity index (χ1) is 18.1. The van der Waals surface area contributed by atoms with Crippen LogP contribution in [0.1, 0.15) is 40.5 Å². The molecule has 216 valence electrons. The zero-order chi connectivity index (χ0) is 27.1. The first kappa shape index (κ1) is 28.9. The van der Waals surface area contributed by atoms with Gasteiger partial charge in [0.25, 0.3) is 0 Å². The van der Waals surface area contributed by atoms with Crippen molar-refractivity contribution in [2.75, 3.05) is 39.8 Å². The number of ether oxygens (including phenoxy) is 1. The minimum Gasteiger partial charge on any atom is -0.380 e. The van der Waals surface area contributed by atoms with Crippen LogP contribution in [0.25, 0.3) is 0 Å². The third kappa shape index (κ3) is 6.00. The summed E-state index contributed by atoms with van der Waals surface area (Å²) in [5.74, 6) is 0.636. The fourth-order valence-electron chi connectivity index (χ4n) is 7.11. The molecular formula is C26H46ClN7O3S. The van der Waals surface area contributed by atoms with Crippen molar-refractivity contribution in [2.45, 2.75) is 87.1 Å². The number of rotatable bonds is 6. The SMILES string of the molecule is COC1CNC(Cl)CC1C1CC(C)NCC1C(=O)NC1NC2CN(C(=O)C3CN(C(C)C)NC3C)CC2S1. The number of hydrogen-bond acceptors (Lipinski definition) is 9. The highest BCUT2D eigenvalue weighted by atomic mass is 35.5. The molecule has 0 bridgehead atoms. The fraction of sp³-hybridized carbons (Fsp3) is 0.923. The lowest BCUT2D eigenvalue weighted by molar-refractivity contribution is -0.134. The number of piperidine rings is 2. The van der Waals surface area contributed by atoms with Gasteiger partial charge < -0.3 is 20.3 Å². The van der Waals surface area contributed by atoms with Crippen molar-refractivity contribution >= 4 is 35.2 Å². The van der Waals surface area contributed by atoms with Crippen LogP contribution in [-0.2, 0) is 14.3 Å². The summed E-state index contributed by atoms with van der Waals surface area (Å²) >= 11 is 8.23. The van der Waals surface area contributed by atoms with Crippen molar-refractivity contribution in [3.63, 3.8) is 0 Å². The van der Waals surface area contributed by atoms with E-state index >= 15 is 0 Å². The van der Waals surface area contributed by atoms with Crippen LogP contribution in [0, 0.1) is 23.7 Å². The molecule has 0 aromatic heterocycles. The molecule has 5 saturated heterocycles. The number of nitrogens with one attached hydrogen (secondary N) is 5. The van der Waals surface area contributed by atoms with Crippen LogP contribution in [0.2, 0.25) is 0 Å². The van der Waals surface area contributed by atoms with Crippen LogP contribution >= 0.6 is 23.4 Å². The summed E-state index contributed by atoms with van der Waals surface area (Å²) < 4.78 is 5.81. The number of halogens is 1. The summed E-state index contributed by atoms with van der Waals surface area (Å²) in [6.07, 6.45) is 1.79. The molecule has 10 nitrogen and oxygen atoms in total. The van der Waals surface area contributed by atoms with Gasteiger partial charge in [-0.05, 0) is 52.4 Å². The molecule has 5 rings (SSSR count). The molecule has 0 aromatic rings. The summed E-state index contributed by atoms with van der Waals surface area (Å²) in [6.45, 7) is 12.1. The van der Waals surface area contributed by atoms with Crippen LogP contribution in [-0.4, -0.2) is 108 Å². The highest BCUT2D eigenvalue weighted by Gasteiger charge is 2.48. The standard InChI is InChI=1S/C26H46ClN7O3S/c1-13(2)34-10-19(15(4)32-34)25(36)33-11-20-22(12-33)38-26(30-20)31-24(35)18-8-28-14(3)6-16(18)17-7-23(27)29-9-21(17)37-5/h13-23,26,28-30,32H,6-12H2,1-5H3,(H,31,35). The van der Waals surface area contributed by atoms with Crippen LogP contribution in [0.5, 0.6) is 0 Å². The number of thioether (sulfide) groups is 1. The zero-order valence-electron chi connectivity index (χ0n) is 23.3. The number of carbonyl (C=O) groups is 2. The molecule has 5 fully saturated rings. The van der Waals surface area contributed by atoms with E-state index in [1.165, 1.54) is 0 Å². The molecule has 12 heteroatoms. The highest BCUT2D eigenvalue weighted by molar-refractivity contribution is 8.00. The molecule has 0 spiro atoms. The maximum absolute atomic E-state index is 13.6. The van der Waals surface area contributed by atoms with Crippen LogP contribution in [0.15, 0.2) is 0 Å². The Morgan fingerprint density at radius 1 is 1.05 bits per heavy atom. The molecule has 5 aliphatic rings. The monoisotopic (exact) mass is 571 g/mol. The lowest BCUT2D eigenvalue weighted by atomic mass is 9.70. The van der Waals surface area contributed by atoms with Crippen molar-refractivity contribution in [1.29, 1.82) is 0 Å². The minimum absolute atomic E-state index is 0.0200. The summed E-state index contributed by atoms with van der Waals surface area (Å²) in [5.41, 5.74) is 3.23. The van der Waals surface area contributed by atoms with Gasteiger partial charge in [-0.25, -0.2) is 5.01 Å². The molecular weight excluding hydrogens is 526 g/mol. The minimum atomic E-state index is -0.134. The average molecular weight is 572 g/mol. The van der Waals surface area contributed by atoms with Crippen molar-refractivity contribution in [3.8, 4) is 0 Å². The van der Waals surface area contributed by atoms with Gasteiger partial charge in [0, 0.05) is 69.3 Å². The number of nitrogens with zero attached hydrogens (tertiary/aromatic N) is 2. The molecule has 0 aliphatic carbocycles. The number of methoxy groups -OCH3 is 1. The third-order valence-electron chi connectivity index (χ3n) is 9.35. The number of amides is 2. The predicted molar refractivity (Wildman–Crippen MR) is 150 cm³/mol. The van der Waals surface area contributed by atoms with Crippen LogP contribution in [0.3, 0.4) is 0 Å². The van der Waals surface area contributed by atoms with Gasteiger partial charge in [-0.15, -0.1) is 23.4 Å². The van der Waals surface area contributed by atoms with Gasteiger partial charge in [0.15, 0.2) is 0 Å². The summed E-state index contributed by atoms with van der Waals surface area (Å²) in [5, 5.41) is 16.2. The van der Waals surface area contributed by atoms with Crippen LogP contribution < -0.4 is 26.7 Å². The van der Waals surface area contributed by atoms with E-state index in [1.54, 1.807) is 18.9 Å². The fourth-order valence-corrected chi connectivity index (χ4v) is 8.81. The Kier molecular flexibility index (Phi) is 9.16. The van der Waals surface area contributed by atoms with Crippen molar-refractivity contribution in [2.24, 2.45) is 23.7 Å². The largest absolute Gasteiger partial charge is 0.380 e. The summed E-state index contributed by atoms with van der Waals surface area (Å²) in [4.78, 5) is 29.0. The van der Waals surface area contributed by atoms with E-state index in [1.807, 2.05) is 4.90 Å². The Bertz CT molecular complexity index is 857. The molecule has 11 unspecified atom stereocenters. The molecule has 5 heterocycles. The number of fused-ring (bicyclic) bond motifs is 1. The second-order valence-electron chi connectivity index (χ2n) is 12.2. The molecule has 2 amide bonds. The third-order valence-corrected chi connectivity index (χ3v) is 11.0. The Labute approximate surface area is 236 Å². The van der Waals surface area contributed by atoms with Gasteiger partial charge in [-0.1, -0.05) is 0 Å². The van der Waals surface area contributed by atoms with Gasteiger partial charge in [0.1, 0.15) is 5.50 Å². The first-order valence-corrected chi connectivity index (χ1v) is 15.7. The summed E-state index contributed by atoms with van der Waals surface area (Å²) in [7, 11) is 1.75. The van der Waals surface area contributed by atoms with Gasteiger partial charge >= 0.3 is 0 Å². The topological polar surface area (TPSA) is 110 Å². The van der Waals surface area contributed by atoms with E-state index in [0.29, 0.717) is 31.7 Å². The van der Waals surface area contributed by atoms with E-state index in [9.17, 15) is 9.59 Å². The molecule has 0 aromatic carbocycles. The van der Waals surface area contributed by atoms with Gasteiger partial charge in [-0.3, -0.25) is 25.6 Å². The molecule has 38 heavy (non-hydrogen) atoms. The second-order valence-corrected chi connectivity index (χ2v) is 14.1. The summed E-state index contributed by atoms with van der Waals surface area (Å²) in [6, 6.07) is 1.06. The van der Waals surface area contributed by atoms with Gasteiger partial charge in [-0.2, -0.15) is 0 Å². The van der Waals surface area contributed by atoms with E-state index in [2.05, 4.69) is 59.4 Å². The Morgan fingerprint density at radius 2 is 1.84 bits per heavy atom. The molecule has 0 radical (unpaired) electrons. The van der Waals surface area contributed by atoms with Crippen molar-refractivity contribution < 1.29 is 14.3 Å². The smallest absolute Gasteiger partial charge is 0.228 e. The number of hydrazine groups is 1. The average Bonchev–Trinajstić information content (AvgIpc) is 3.56. The number of likely N-dealkylation sites (tertiary alicyclic amines) is 1. The molecule has 0 saturated carbocycles. The molecule has 5 N–H and O–H groups in total. The predicted octanol–water partition coefficient (Wildman–Crippen LogP) is 0.339. The maximum Gasteiger partial charge on any atom is 0.228 e. The van der Waals surface area contributed by atoms with Gasteiger partial charge in [0.2, 0.25) is 11.8 Å². The molecule has 5 aliphatic heterocycles. The zero-order valence-corrected chi connectivity index (χ0v) is 24.9. The van der Waals surface area contributed by atoms with Crippen LogP contribution in [0.4, 0.5) is 0 Å². The lowest BCUT2D eigenvalue weighted by Gasteiger charge is -2.45. The Hall–Kier alpha value is -0.660. The number of carbonyl (C=O) groups excluding carboxylic acids is 2. The second kappa shape index (κ2) is 12.1.